The predicted octanol–water partition coefficient (Wildman–Crippen LogP) is 1.87. The molecule has 0 atom stereocenters. The first kappa shape index (κ1) is 16.0. The highest BCUT2D eigenvalue weighted by atomic mass is 16.5. The van der Waals surface area contributed by atoms with Crippen molar-refractivity contribution in [1.82, 2.24) is 0 Å². The number of hydrogen-bond acceptors (Lipinski definition) is 4. The van der Waals surface area contributed by atoms with Gasteiger partial charge in [0.05, 0.1) is 24.5 Å². The number of nitrogens with two attached hydrogens (primary N) is 1. The Labute approximate surface area is 140 Å². The zero-order valence-corrected chi connectivity index (χ0v) is 13.2. The van der Waals surface area contributed by atoms with Crippen molar-refractivity contribution in [2.45, 2.75) is 0 Å². The number of hydrogen-bond donors (Lipinski definition) is 2. The van der Waals surface area contributed by atoms with Gasteiger partial charge in [-0.3, -0.25) is 9.59 Å². The van der Waals surface area contributed by atoms with E-state index in [9.17, 15) is 9.59 Å². The van der Waals surface area contributed by atoms with Gasteiger partial charge >= 0.3 is 0 Å². The van der Waals surface area contributed by atoms with Crippen molar-refractivity contribution in [2.24, 2.45) is 5.73 Å². The zero-order valence-electron chi connectivity index (χ0n) is 13.2. The third kappa shape index (κ3) is 3.55. The second-order valence-electron chi connectivity index (χ2n) is 5.51. The van der Waals surface area contributed by atoms with E-state index in [1.54, 1.807) is 36.4 Å². The average Bonchev–Trinajstić information content (AvgIpc) is 2.63. The Hall–Kier alpha value is -2.86. The molecule has 1 saturated heterocycles. The molecule has 1 fully saturated rings. The van der Waals surface area contributed by atoms with E-state index >= 15 is 0 Å². The van der Waals surface area contributed by atoms with Gasteiger partial charge in [-0.05, 0) is 36.4 Å². The molecule has 1 aliphatic rings. The Balaban J connectivity index is 1.72. The van der Waals surface area contributed by atoms with Crippen LogP contribution >= 0.6 is 0 Å². The second kappa shape index (κ2) is 7.14. The second-order valence-corrected chi connectivity index (χ2v) is 5.51. The lowest BCUT2D eigenvalue weighted by molar-refractivity contribution is 0.100. The van der Waals surface area contributed by atoms with E-state index in [1.807, 2.05) is 12.1 Å². The van der Waals surface area contributed by atoms with Crippen LogP contribution in [0.2, 0.25) is 0 Å². The molecule has 0 spiro atoms. The van der Waals surface area contributed by atoms with Crippen molar-refractivity contribution in [2.75, 3.05) is 36.5 Å². The van der Waals surface area contributed by atoms with Crippen LogP contribution in [-0.2, 0) is 4.74 Å². The molecule has 0 aliphatic carbocycles. The number of para-hydroxylation sites is 1. The first-order chi connectivity index (χ1) is 11.6. The lowest BCUT2D eigenvalue weighted by Gasteiger charge is -2.28. The fraction of sp³-hybridized carbons (Fsp3) is 0.222. The standard InChI is InChI=1S/C18H19N3O3/c19-17(22)15-3-1-2-4-16(15)20-18(23)13-5-7-14(8-6-13)21-9-11-24-12-10-21/h1-8H,9-12H2,(H2,19,22)(H,20,23). The summed E-state index contributed by atoms with van der Waals surface area (Å²) in [5.74, 6) is -0.856. The SMILES string of the molecule is NC(=O)c1ccccc1NC(=O)c1ccc(N2CCOCC2)cc1. The molecule has 1 aliphatic heterocycles. The summed E-state index contributed by atoms with van der Waals surface area (Å²) in [6.07, 6.45) is 0. The number of benzene rings is 2. The topological polar surface area (TPSA) is 84.7 Å². The maximum absolute atomic E-state index is 12.4. The number of amides is 2. The fourth-order valence-corrected chi connectivity index (χ4v) is 2.65. The number of carbonyl (C=O) groups excluding carboxylic acids is 2. The first-order valence-electron chi connectivity index (χ1n) is 7.78. The maximum atomic E-state index is 12.4. The van der Waals surface area contributed by atoms with E-state index in [0.29, 0.717) is 24.5 Å². The van der Waals surface area contributed by atoms with Gasteiger partial charge in [0.2, 0.25) is 0 Å². The molecular formula is C18H19N3O3. The summed E-state index contributed by atoms with van der Waals surface area (Å²) < 4.78 is 5.34. The highest BCUT2D eigenvalue weighted by molar-refractivity contribution is 6.08. The number of morpholine rings is 1. The van der Waals surface area contributed by atoms with Crippen LogP contribution in [0.25, 0.3) is 0 Å². The Morgan fingerprint density at radius 1 is 1.00 bits per heavy atom. The van der Waals surface area contributed by atoms with Gasteiger partial charge in [-0.25, -0.2) is 0 Å². The molecule has 2 aromatic carbocycles. The first-order valence-corrected chi connectivity index (χ1v) is 7.78. The van der Waals surface area contributed by atoms with Crippen molar-refractivity contribution >= 4 is 23.2 Å². The molecule has 0 unspecified atom stereocenters. The minimum Gasteiger partial charge on any atom is -0.378 e. The monoisotopic (exact) mass is 325 g/mol. The molecule has 0 saturated carbocycles. The molecule has 3 N–H and O–H groups in total. The summed E-state index contributed by atoms with van der Waals surface area (Å²) in [6, 6.07) is 14.1. The Bertz CT molecular complexity index is 737. The third-order valence-electron chi connectivity index (χ3n) is 3.95. The third-order valence-corrected chi connectivity index (χ3v) is 3.95. The molecule has 0 aromatic heterocycles. The predicted molar refractivity (Wildman–Crippen MR) is 92.4 cm³/mol. The van der Waals surface area contributed by atoms with Crippen LogP contribution in [-0.4, -0.2) is 38.1 Å². The summed E-state index contributed by atoms with van der Waals surface area (Å²) in [7, 11) is 0. The van der Waals surface area contributed by atoms with E-state index in [4.69, 9.17) is 10.5 Å². The van der Waals surface area contributed by atoms with Gasteiger partial charge < -0.3 is 20.7 Å². The molecule has 3 rings (SSSR count). The summed E-state index contributed by atoms with van der Waals surface area (Å²) in [5.41, 5.74) is 7.60. The van der Waals surface area contributed by atoms with E-state index in [2.05, 4.69) is 10.2 Å². The minimum absolute atomic E-state index is 0.280. The van der Waals surface area contributed by atoms with Crippen LogP contribution in [0.3, 0.4) is 0 Å². The summed E-state index contributed by atoms with van der Waals surface area (Å²) >= 11 is 0. The average molecular weight is 325 g/mol. The van der Waals surface area contributed by atoms with E-state index in [1.165, 1.54) is 0 Å². The molecule has 6 heteroatoms. The van der Waals surface area contributed by atoms with Crippen LogP contribution in [0.15, 0.2) is 48.5 Å². The van der Waals surface area contributed by atoms with Gasteiger partial charge in [0.1, 0.15) is 0 Å². The van der Waals surface area contributed by atoms with Gasteiger partial charge in [-0.2, -0.15) is 0 Å². The fourth-order valence-electron chi connectivity index (χ4n) is 2.65. The number of nitrogens with one attached hydrogen (secondary N) is 1. The van der Waals surface area contributed by atoms with Crippen molar-refractivity contribution in [3.63, 3.8) is 0 Å². The summed E-state index contributed by atoms with van der Waals surface area (Å²) in [4.78, 5) is 26.0. The Morgan fingerprint density at radius 3 is 2.33 bits per heavy atom. The Morgan fingerprint density at radius 2 is 1.67 bits per heavy atom. The van der Waals surface area contributed by atoms with Crippen molar-refractivity contribution in [1.29, 1.82) is 0 Å². The minimum atomic E-state index is -0.575. The highest BCUT2D eigenvalue weighted by Gasteiger charge is 2.14. The van der Waals surface area contributed by atoms with Crippen LogP contribution in [0.5, 0.6) is 0 Å². The number of rotatable bonds is 4. The summed E-state index contributed by atoms with van der Waals surface area (Å²) in [6.45, 7) is 3.12. The number of ether oxygens (including phenoxy) is 1. The Kier molecular flexibility index (Phi) is 4.77. The molecule has 6 nitrogen and oxygen atoms in total. The lowest BCUT2D eigenvalue weighted by Crippen LogP contribution is -2.36. The molecular weight excluding hydrogens is 306 g/mol. The van der Waals surface area contributed by atoms with Crippen LogP contribution < -0.4 is 16.0 Å². The summed E-state index contributed by atoms with van der Waals surface area (Å²) in [5, 5.41) is 2.73. The molecule has 1 heterocycles. The van der Waals surface area contributed by atoms with E-state index < -0.39 is 5.91 Å². The van der Waals surface area contributed by atoms with E-state index in [-0.39, 0.29) is 11.5 Å². The van der Waals surface area contributed by atoms with Crippen molar-refractivity contribution in [3.8, 4) is 0 Å². The molecule has 0 bridgehead atoms. The van der Waals surface area contributed by atoms with Crippen LogP contribution in [0.4, 0.5) is 11.4 Å². The zero-order chi connectivity index (χ0) is 16.9. The van der Waals surface area contributed by atoms with Crippen molar-refractivity contribution in [3.05, 3.63) is 59.7 Å². The lowest BCUT2D eigenvalue weighted by atomic mass is 10.1. The van der Waals surface area contributed by atoms with Gasteiger partial charge in [0, 0.05) is 24.3 Å². The van der Waals surface area contributed by atoms with Gasteiger partial charge in [-0.1, -0.05) is 12.1 Å². The van der Waals surface area contributed by atoms with E-state index in [0.717, 1.165) is 18.8 Å². The molecule has 2 aromatic rings. The largest absolute Gasteiger partial charge is 0.378 e. The van der Waals surface area contributed by atoms with Crippen LogP contribution in [0.1, 0.15) is 20.7 Å². The molecule has 0 radical (unpaired) electrons. The quantitative estimate of drug-likeness (QED) is 0.899. The molecule has 124 valence electrons. The highest BCUT2D eigenvalue weighted by Crippen LogP contribution is 2.19. The van der Waals surface area contributed by atoms with Crippen molar-refractivity contribution < 1.29 is 14.3 Å². The smallest absolute Gasteiger partial charge is 0.255 e. The number of anilines is 2. The maximum Gasteiger partial charge on any atom is 0.255 e. The molecule has 24 heavy (non-hydrogen) atoms. The van der Waals surface area contributed by atoms with Gasteiger partial charge in [-0.15, -0.1) is 0 Å². The number of carbonyl (C=O) groups is 2. The van der Waals surface area contributed by atoms with Gasteiger partial charge in [0.15, 0.2) is 0 Å². The van der Waals surface area contributed by atoms with Gasteiger partial charge in [0.25, 0.3) is 11.8 Å². The normalized spacial score (nSPS) is 14.2. The molecule has 2 amide bonds. The number of nitrogens with zero attached hydrogens (tertiary/aromatic N) is 1. The van der Waals surface area contributed by atoms with Crippen LogP contribution in [0, 0.1) is 0 Å². The number of primary amides is 1.